The maximum Gasteiger partial charge on any atom is 0.195 e. The van der Waals surface area contributed by atoms with Crippen LogP contribution in [0.15, 0.2) is 77.6 Å². The van der Waals surface area contributed by atoms with Crippen molar-refractivity contribution >= 4 is 31.5 Å². The second-order valence-electron chi connectivity index (χ2n) is 16.5. The lowest BCUT2D eigenvalue weighted by Crippen LogP contribution is -2.16. The molecule has 0 bridgehead atoms. The van der Waals surface area contributed by atoms with Crippen molar-refractivity contribution in [2.24, 2.45) is 0 Å². The van der Waals surface area contributed by atoms with Crippen LogP contribution in [0.2, 0.25) is 0 Å². The van der Waals surface area contributed by atoms with E-state index in [0.29, 0.717) is 0 Å². The summed E-state index contributed by atoms with van der Waals surface area (Å²) in [7, 11) is 0. The third kappa shape index (κ3) is 6.36. The molecule has 224 valence electrons. The van der Waals surface area contributed by atoms with Gasteiger partial charge < -0.3 is 0 Å². The summed E-state index contributed by atoms with van der Waals surface area (Å²) < 4.78 is 2.06. The van der Waals surface area contributed by atoms with Crippen molar-refractivity contribution in [3.63, 3.8) is 0 Å². The molecule has 0 saturated carbocycles. The summed E-state index contributed by atoms with van der Waals surface area (Å²) in [5.41, 5.74) is 10.3. The molecule has 5 aromatic rings. The van der Waals surface area contributed by atoms with Crippen LogP contribution < -0.4 is 5.43 Å². The Bertz CT molecular complexity index is 1710. The minimum absolute atomic E-state index is 0.0431. The first-order valence-electron chi connectivity index (χ1n) is 15.6. The molecule has 4 aromatic carbocycles. The number of hydrogen-bond acceptors (Lipinski definition) is 2. The second-order valence-corrected chi connectivity index (χ2v) is 17.5. The van der Waals surface area contributed by atoms with E-state index in [0.717, 1.165) is 31.3 Å². The Morgan fingerprint density at radius 1 is 0.395 bits per heavy atom. The summed E-state index contributed by atoms with van der Waals surface area (Å²) in [6, 6.07) is 26.8. The van der Waals surface area contributed by atoms with Gasteiger partial charge in [0.05, 0.1) is 0 Å². The van der Waals surface area contributed by atoms with Crippen molar-refractivity contribution in [2.45, 2.75) is 105 Å². The zero-order valence-corrected chi connectivity index (χ0v) is 29.1. The molecule has 1 heterocycles. The molecule has 0 aliphatic heterocycles. The van der Waals surface area contributed by atoms with Gasteiger partial charge >= 0.3 is 0 Å². The molecular formula is C41H48OS. The summed E-state index contributed by atoms with van der Waals surface area (Å²) >= 11 is 1.72. The van der Waals surface area contributed by atoms with Gasteiger partial charge in [-0.2, -0.15) is 0 Å². The highest BCUT2D eigenvalue weighted by Crippen LogP contribution is 2.38. The van der Waals surface area contributed by atoms with E-state index >= 15 is 0 Å². The molecule has 0 radical (unpaired) electrons. The molecule has 0 atom stereocenters. The third-order valence-corrected chi connectivity index (χ3v) is 9.78. The molecule has 0 aliphatic carbocycles. The second kappa shape index (κ2) is 10.4. The highest BCUT2D eigenvalue weighted by atomic mass is 32.1. The summed E-state index contributed by atoms with van der Waals surface area (Å²) in [5.74, 6) is 0. The summed E-state index contributed by atoms with van der Waals surface area (Å²) in [5, 5.41) is 1.59. The van der Waals surface area contributed by atoms with Gasteiger partial charge in [0, 0.05) is 20.2 Å². The largest absolute Gasteiger partial charge is 0.289 e. The van der Waals surface area contributed by atoms with E-state index in [4.69, 9.17) is 0 Å². The predicted molar refractivity (Wildman–Crippen MR) is 191 cm³/mol. The molecule has 0 amide bonds. The highest BCUT2D eigenvalue weighted by molar-refractivity contribution is 7.24. The lowest BCUT2D eigenvalue weighted by Gasteiger charge is -2.26. The quantitative estimate of drug-likeness (QED) is 0.187. The topological polar surface area (TPSA) is 17.1 Å². The van der Waals surface area contributed by atoms with Crippen molar-refractivity contribution in [1.82, 2.24) is 0 Å². The molecule has 43 heavy (non-hydrogen) atoms. The molecule has 0 fully saturated rings. The van der Waals surface area contributed by atoms with Gasteiger partial charge in [0.1, 0.15) is 0 Å². The van der Waals surface area contributed by atoms with Crippen LogP contribution >= 0.6 is 11.3 Å². The monoisotopic (exact) mass is 588 g/mol. The molecule has 0 unspecified atom stereocenters. The zero-order chi connectivity index (χ0) is 31.7. The standard InChI is InChI=1S/C41H48OS/c1-38(2,3)29-17-27(18-30(23-29)39(4,5)6)25-13-15-33-35(21-25)43-36-22-26(14-16-34(36)37(33)42)28-19-31(40(7,8)9)24-32(20-28)41(10,11)12/h13-24H,1-12H3. The molecule has 0 aliphatic rings. The van der Waals surface area contributed by atoms with E-state index in [1.54, 1.807) is 11.3 Å². The molecule has 1 nitrogen and oxygen atoms in total. The van der Waals surface area contributed by atoms with Crippen LogP contribution in [-0.2, 0) is 21.7 Å². The first kappa shape index (κ1) is 31.2. The van der Waals surface area contributed by atoms with Gasteiger partial charge in [0.2, 0.25) is 0 Å². The molecule has 0 saturated heterocycles. The Balaban J connectivity index is 1.69. The molecule has 0 spiro atoms. The van der Waals surface area contributed by atoms with Crippen LogP contribution in [0.25, 0.3) is 42.4 Å². The van der Waals surface area contributed by atoms with Crippen LogP contribution in [0.4, 0.5) is 0 Å². The molecule has 2 heteroatoms. The van der Waals surface area contributed by atoms with Crippen molar-refractivity contribution in [3.8, 4) is 22.3 Å². The number of rotatable bonds is 2. The SMILES string of the molecule is CC(C)(C)c1cc(-c2ccc3c(=O)c4ccc(-c5cc(C(C)(C)C)cc(C(C)(C)C)c5)cc4sc3c2)cc(C(C)(C)C)c1. The van der Waals surface area contributed by atoms with Crippen LogP contribution in [0, 0.1) is 0 Å². The maximum absolute atomic E-state index is 13.7. The average molecular weight is 589 g/mol. The van der Waals surface area contributed by atoms with Gasteiger partial charge in [0.25, 0.3) is 0 Å². The average Bonchev–Trinajstić information content (AvgIpc) is 2.90. The van der Waals surface area contributed by atoms with Crippen molar-refractivity contribution in [2.75, 3.05) is 0 Å². The third-order valence-electron chi connectivity index (χ3n) is 8.67. The van der Waals surface area contributed by atoms with Gasteiger partial charge in [-0.15, -0.1) is 11.3 Å². The maximum atomic E-state index is 13.7. The lowest BCUT2D eigenvalue weighted by molar-refractivity contribution is 0.568. The number of hydrogen-bond donors (Lipinski definition) is 0. The number of benzene rings is 4. The Labute approximate surface area is 263 Å². The molecule has 1 aromatic heterocycles. The van der Waals surface area contributed by atoms with Crippen molar-refractivity contribution in [3.05, 3.63) is 105 Å². The summed E-state index contributed by atoms with van der Waals surface area (Å²) in [6.07, 6.45) is 0. The predicted octanol–water partition coefficient (Wildman–Crippen LogP) is 11.9. The van der Waals surface area contributed by atoms with Gasteiger partial charge in [-0.25, -0.2) is 0 Å². The number of fused-ring (bicyclic) bond motifs is 2. The van der Waals surface area contributed by atoms with Gasteiger partial charge in [0.15, 0.2) is 5.43 Å². The van der Waals surface area contributed by atoms with Crippen molar-refractivity contribution in [1.29, 1.82) is 0 Å². The van der Waals surface area contributed by atoms with Gasteiger partial charge in [-0.1, -0.05) is 132 Å². The van der Waals surface area contributed by atoms with Gasteiger partial charge in [-0.3, -0.25) is 4.79 Å². The van der Waals surface area contributed by atoms with E-state index in [1.807, 2.05) is 12.1 Å². The normalized spacial score (nSPS) is 13.2. The summed E-state index contributed by atoms with van der Waals surface area (Å²) in [6.45, 7) is 27.3. The smallest absolute Gasteiger partial charge is 0.195 e. The first-order chi connectivity index (χ1) is 19.7. The highest BCUT2D eigenvalue weighted by Gasteiger charge is 2.23. The molecule has 0 N–H and O–H groups in total. The van der Waals surface area contributed by atoms with Crippen LogP contribution in [0.3, 0.4) is 0 Å². The van der Waals surface area contributed by atoms with Crippen LogP contribution in [0.1, 0.15) is 105 Å². The van der Waals surface area contributed by atoms with Crippen molar-refractivity contribution < 1.29 is 0 Å². The minimum atomic E-state index is 0.0431. The Morgan fingerprint density at radius 2 is 0.698 bits per heavy atom. The molecule has 5 rings (SSSR count). The summed E-state index contributed by atoms with van der Waals surface area (Å²) in [4.78, 5) is 13.7. The van der Waals surface area contributed by atoms with E-state index in [9.17, 15) is 4.79 Å². The zero-order valence-electron chi connectivity index (χ0n) is 28.2. The van der Waals surface area contributed by atoms with Crippen LogP contribution in [0.5, 0.6) is 0 Å². The van der Waals surface area contributed by atoms with E-state index in [1.165, 1.54) is 33.4 Å². The van der Waals surface area contributed by atoms with E-state index in [-0.39, 0.29) is 27.1 Å². The Hall–Kier alpha value is -3.23. The minimum Gasteiger partial charge on any atom is -0.289 e. The van der Waals surface area contributed by atoms with E-state index in [2.05, 4.69) is 144 Å². The fourth-order valence-electron chi connectivity index (χ4n) is 5.53. The Kier molecular flexibility index (Phi) is 7.58. The fourth-order valence-corrected chi connectivity index (χ4v) is 6.68. The first-order valence-corrected chi connectivity index (χ1v) is 16.4. The Morgan fingerprint density at radius 3 is 0.977 bits per heavy atom. The fraction of sp³-hybridized carbons (Fsp3) is 0.390. The van der Waals surface area contributed by atoms with Crippen LogP contribution in [-0.4, -0.2) is 0 Å². The molecular weight excluding hydrogens is 541 g/mol. The lowest BCUT2D eigenvalue weighted by atomic mass is 9.79. The van der Waals surface area contributed by atoms with Gasteiger partial charge in [-0.05, 0) is 90.4 Å². The van der Waals surface area contributed by atoms with E-state index < -0.39 is 0 Å².